The molecule has 0 aromatic rings. The van der Waals surface area contributed by atoms with Crippen LogP contribution in [0.3, 0.4) is 0 Å². The lowest BCUT2D eigenvalue weighted by Gasteiger charge is -2.60. The zero-order valence-electron chi connectivity index (χ0n) is 15.6. The van der Waals surface area contributed by atoms with E-state index in [1.165, 1.54) is 32.1 Å². The summed E-state index contributed by atoms with van der Waals surface area (Å²) in [4.78, 5) is 11.9. The van der Waals surface area contributed by atoms with E-state index in [-0.39, 0.29) is 11.5 Å². The molecule has 0 aromatic carbocycles. The summed E-state index contributed by atoms with van der Waals surface area (Å²) in [5.41, 5.74) is 0.598. The Morgan fingerprint density at radius 3 is 2.35 bits per heavy atom. The van der Waals surface area contributed by atoms with Gasteiger partial charge >= 0.3 is 0 Å². The third kappa shape index (κ3) is 2.51. The molecule has 2 nitrogen and oxygen atoms in total. The van der Waals surface area contributed by atoms with Gasteiger partial charge in [0, 0.05) is 12.8 Å². The molecule has 0 aromatic heterocycles. The standard InChI is InChI=1S/C19H30O2.C2H6/c1-18-9-7-13(20)11-12(18)3-4-14-15-5-6-17(21)19(15,2)10-8-16(14)18;1-2/h12,14-17,21H,3-11H2,1-2H3;1-2H3/t12-,14-,15-,16-,17-,18-,19-;/m0./s1. The average molecular weight is 321 g/mol. The van der Waals surface area contributed by atoms with Gasteiger partial charge in [0.2, 0.25) is 0 Å². The number of carbonyl (C=O) groups excluding carboxylic acids is 1. The Morgan fingerprint density at radius 2 is 1.61 bits per heavy atom. The minimum Gasteiger partial charge on any atom is -0.393 e. The topological polar surface area (TPSA) is 37.3 Å². The molecule has 0 radical (unpaired) electrons. The molecule has 1 N–H and O–H groups in total. The zero-order valence-corrected chi connectivity index (χ0v) is 15.6. The van der Waals surface area contributed by atoms with E-state index in [1.54, 1.807) is 0 Å². The Morgan fingerprint density at radius 1 is 0.913 bits per heavy atom. The van der Waals surface area contributed by atoms with Gasteiger partial charge in [-0.05, 0) is 79.4 Å². The third-order valence-corrected chi connectivity index (χ3v) is 8.43. The van der Waals surface area contributed by atoms with Gasteiger partial charge in [-0.25, -0.2) is 0 Å². The molecule has 0 saturated heterocycles. The Labute approximate surface area is 142 Å². The van der Waals surface area contributed by atoms with Gasteiger partial charge in [-0.1, -0.05) is 27.7 Å². The van der Waals surface area contributed by atoms with Crippen molar-refractivity contribution in [3.05, 3.63) is 0 Å². The van der Waals surface area contributed by atoms with Crippen LogP contribution in [-0.2, 0) is 4.79 Å². The van der Waals surface area contributed by atoms with Gasteiger partial charge in [-0.3, -0.25) is 4.79 Å². The van der Waals surface area contributed by atoms with E-state index in [0.717, 1.165) is 43.4 Å². The number of fused-ring (bicyclic) bond motifs is 5. The summed E-state index contributed by atoms with van der Waals surface area (Å²) in [6, 6.07) is 0. The highest BCUT2D eigenvalue weighted by Gasteiger charge is 2.59. The predicted octanol–water partition coefficient (Wildman–Crippen LogP) is 4.99. The minimum atomic E-state index is -0.0677. The van der Waals surface area contributed by atoms with E-state index < -0.39 is 0 Å². The lowest BCUT2D eigenvalue weighted by Crippen LogP contribution is -2.54. The monoisotopic (exact) mass is 320 g/mol. The molecule has 4 fully saturated rings. The Bertz CT molecular complexity index is 459. The van der Waals surface area contributed by atoms with E-state index in [0.29, 0.717) is 17.1 Å². The van der Waals surface area contributed by atoms with E-state index in [1.807, 2.05) is 13.8 Å². The molecule has 0 heterocycles. The molecule has 7 atom stereocenters. The normalized spacial score (nSPS) is 51.9. The SMILES string of the molecule is CC.C[C@]12CCC(=O)C[C@@H]1CC[C@@H]1[C@@H]2CC[C@]2(C)[C@@H](O)CC[C@@H]12. The average Bonchev–Trinajstić information content (AvgIpc) is 2.86. The second kappa shape index (κ2) is 6.17. The van der Waals surface area contributed by atoms with Crippen molar-refractivity contribution in [1.82, 2.24) is 0 Å². The van der Waals surface area contributed by atoms with Gasteiger partial charge < -0.3 is 5.11 Å². The highest BCUT2D eigenvalue weighted by Crippen LogP contribution is 2.65. The van der Waals surface area contributed by atoms with Crippen LogP contribution in [0.25, 0.3) is 0 Å². The van der Waals surface area contributed by atoms with Crippen molar-refractivity contribution in [3.8, 4) is 0 Å². The van der Waals surface area contributed by atoms with Crippen LogP contribution >= 0.6 is 0 Å². The Balaban J connectivity index is 0.000000753. The molecule has 0 amide bonds. The van der Waals surface area contributed by atoms with Crippen LogP contribution in [0.2, 0.25) is 0 Å². The molecule has 4 aliphatic rings. The summed E-state index contributed by atoms with van der Waals surface area (Å²) in [6.07, 6.45) is 10.0. The molecule has 2 heteroatoms. The summed E-state index contributed by atoms with van der Waals surface area (Å²) in [7, 11) is 0. The molecule has 4 aliphatic carbocycles. The fraction of sp³-hybridized carbons (Fsp3) is 0.952. The molecular weight excluding hydrogens is 284 g/mol. The van der Waals surface area contributed by atoms with Crippen LogP contribution in [0.5, 0.6) is 0 Å². The number of hydrogen-bond donors (Lipinski definition) is 1. The number of rotatable bonds is 0. The highest BCUT2D eigenvalue weighted by molar-refractivity contribution is 5.79. The van der Waals surface area contributed by atoms with Crippen molar-refractivity contribution in [3.63, 3.8) is 0 Å². The number of Topliss-reactive ketones (excluding diaryl/α,β-unsaturated/α-hetero) is 1. The van der Waals surface area contributed by atoms with Crippen molar-refractivity contribution >= 4 is 5.78 Å². The summed E-state index contributed by atoms with van der Waals surface area (Å²) in [5.74, 6) is 3.52. The smallest absolute Gasteiger partial charge is 0.133 e. The van der Waals surface area contributed by atoms with Crippen LogP contribution < -0.4 is 0 Å². The summed E-state index contributed by atoms with van der Waals surface area (Å²) in [6.45, 7) is 8.85. The molecule has 4 rings (SSSR count). The molecule has 0 bridgehead atoms. The first-order chi connectivity index (χ1) is 10.9. The van der Waals surface area contributed by atoms with Gasteiger partial charge in [-0.2, -0.15) is 0 Å². The van der Waals surface area contributed by atoms with Crippen molar-refractivity contribution in [1.29, 1.82) is 0 Å². The molecule has 132 valence electrons. The minimum absolute atomic E-state index is 0.0677. The fourth-order valence-electron chi connectivity index (χ4n) is 7.02. The molecule has 0 unspecified atom stereocenters. The first kappa shape index (κ1) is 17.5. The van der Waals surface area contributed by atoms with Crippen LogP contribution in [0, 0.1) is 34.5 Å². The number of aliphatic hydroxyl groups is 1. The van der Waals surface area contributed by atoms with Gasteiger partial charge in [0.05, 0.1) is 6.10 Å². The van der Waals surface area contributed by atoms with Crippen molar-refractivity contribution < 1.29 is 9.90 Å². The van der Waals surface area contributed by atoms with E-state index in [4.69, 9.17) is 0 Å². The van der Waals surface area contributed by atoms with Crippen LogP contribution in [0.15, 0.2) is 0 Å². The van der Waals surface area contributed by atoms with E-state index in [2.05, 4.69) is 13.8 Å². The second-order valence-corrected chi connectivity index (χ2v) is 9.04. The van der Waals surface area contributed by atoms with Crippen molar-refractivity contribution in [2.45, 2.75) is 91.6 Å². The second-order valence-electron chi connectivity index (χ2n) is 9.04. The predicted molar refractivity (Wildman–Crippen MR) is 94.1 cm³/mol. The van der Waals surface area contributed by atoms with Crippen molar-refractivity contribution in [2.24, 2.45) is 34.5 Å². The maximum absolute atomic E-state index is 11.9. The lowest BCUT2D eigenvalue weighted by molar-refractivity contribution is -0.141. The summed E-state index contributed by atoms with van der Waals surface area (Å²) < 4.78 is 0. The highest BCUT2D eigenvalue weighted by atomic mass is 16.3. The quantitative estimate of drug-likeness (QED) is 0.683. The Hall–Kier alpha value is -0.370. The largest absolute Gasteiger partial charge is 0.393 e. The molecule has 4 saturated carbocycles. The maximum atomic E-state index is 11.9. The van der Waals surface area contributed by atoms with E-state index >= 15 is 0 Å². The van der Waals surface area contributed by atoms with Gasteiger partial charge in [0.25, 0.3) is 0 Å². The van der Waals surface area contributed by atoms with Crippen molar-refractivity contribution in [2.75, 3.05) is 0 Å². The molecular formula is C21H36O2. The third-order valence-electron chi connectivity index (χ3n) is 8.43. The van der Waals surface area contributed by atoms with Crippen LogP contribution in [0.4, 0.5) is 0 Å². The van der Waals surface area contributed by atoms with Gasteiger partial charge in [0.1, 0.15) is 5.78 Å². The fourth-order valence-corrected chi connectivity index (χ4v) is 7.02. The first-order valence-electron chi connectivity index (χ1n) is 10.1. The number of ketones is 1. The maximum Gasteiger partial charge on any atom is 0.133 e. The molecule has 0 aliphatic heterocycles. The number of hydrogen-bond acceptors (Lipinski definition) is 2. The first-order valence-corrected chi connectivity index (χ1v) is 10.1. The summed E-state index contributed by atoms with van der Waals surface area (Å²) in [5, 5.41) is 10.5. The number of carbonyl (C=O) groups is 1. The summed E-state index contributed by atoms with van der Waals surface area (Å²) >= 11 is 0. The van der Waals surface area contributed by atoms with Gasteiger partial charge in [0.15, 0.2) is 0 Å². The van der Waals surface area contributed by atoms with E-state index in [9.17, 15) is 9.90 Å². The van der Waals surface area contributed by atoms with Crippen LogP contribution in [-0.4, -0.2) is 17.0 Å². The number of aliphatic hydroxyl groups excluding tert-OH is 1. The lowest BCUT2D eigenvalue weighted by atomic mass is 9.45. The zero-order chi connectivity index (χ0) is 16.8. The van der Waals surface area contributed by atoms with Gasteiger partial charge in [-0.15, -0.1) is 0 Å². The Kier molecular flexibility index (Phi) is 4.68. The molecule has 23 heavy (non-hydrogen) atoms. The van der Waals surface area contributed by atoms with Crippen LogP contribution in [0.1, 0.15) is 85.5 Å². The molecule has 0 spiro atoms.